The van der Waals surface area contributed by atoms with Gasteiger partial charge in [0.1, 0.15) is 6.04 Å². The van der Waals surface area contributed by atoms with Crippen LogP contribution < -0.4 is 33.8 Å². The summed E-state index contributed by atoms with van der Waals surface area (Å²) in [6, 6.07) is 10.7. The van der Waals surface area contributed by atoms with E-state index in [1.807, 2.05) is 73.6 Å². The van der Waals surface area contributed by atoms with E-state index in [9.17, 15) is 67.4 Å². The molecule has 5 atom stereocenters. The Bertz CT molecular complexity index is 2020. The van der Waals surface area contributed by atoms with Gasteiger partial charge in [0.15, 0.2) is 0 Å². The lowest BCUT2D eigenvalue weighted by atomic mass is 9.90. The molecule has 1 aliphatic rings. The van der Waals surface area contributed by atoms with Gasteiger partial charge in [-0.15, -0.1) is 12.4 Å². The Morgan fingerprint density at radius 3 is 0.935 bits per heavy atom. The highest BCUT2D eigenvalue weighted by Gasteiger charge is 2.27. The number of amides is 3. The molecule has 1 aromatic rings. The van der Waals surface area contributed by atoms with Crippen molar-refractivity contribution in [3.63, 3.8) is 0 Å². The topological polar surface area (TPSA) is 496 Å². The van der Waals surface area contributed by atoms with E-state index in [1.54, 1.807) is 0 Å². The molecule has 1 aliphatic heterocycles. The van der Waals surface area contributed by atoms with Crippen LogP contribution in [0.3, 0.4) is 0 Å². The summed E-state index contributed by atoms with van der Waals surface area (Å²) >= 11 is 0. The van der Waals surface area contributed by atoms with Gasteiger partial charge in [0.25, 0.3) is 0 Å². The first kappa shape index (κ1) is 102. The zero-order valence-electron chi connectivity index (χ0n) is 57.3. The van der Waals surface area contributed by atoms with Crippen LogP contribution in [0.25, 0.3) is 0 Å². The minimum Gasteiger partial charge on any atom is -0.550 e. The fourth-order valence-corrected chi connectivity index (χ4v) is 9.45. The van der Waals surface area contributed by atoms with Gasteiger partial charge in [0.2, 0.25) is 17.7 Å². The summed E-state index contributed by atoms with van der Waals surface area (Å²) in [6.07, 6.45) is 6.01. The van der Waals surface area contributed by atoms with Crippen molar-refractivity contribution in [2.75, 3.05) is 6.54 Å². The number of carbonyl (C=O) groups excluding carboxylic acids is 8. The number of primary amides is 3. The summed E-state index contributed by atoms with van der Waals surface area (Å²) in [5.41, 5.74) is 25.6. The van der Waals surface area contributed by atoms with Gasteiger partial charge in [-0.1, -0.05) is 121 Å². The number of hydrogen-bond acceptors (Lipinski definition) is 17. The monoisotopic (exact) mass is 1350 g/mol. The maximum absolute atomic E-state index is 10.8. The first-order valence-electron chi connectivity index (χ1n) is 30.9. The first-order chi connectivity index (χ1) is 41.7. The maximum Gasteiger partial charge on any atom is 0.313 e. The second-order valence-electron chi connectivity index (χ2n) is 25.4. The number of ether oxygens (including phenoxy) is 2. The van der Waals surface area contributed by atoms with Crippen LogP contribution in [0.4, 0.5) is 0 Å². The number of benzene rings is 1. The standard InChI is InChI=1S/3C9H17NO3.C9H16O4.C9H14O3.C8H17NO2.C8H11N.C4H6O3.CH4.ClH/c4*1-6(2)3-7(4-8(10)11)5-9(12)13;1-6(2)3-7-4-8(10)12-9(11)5-7;1-6(2)3-7(5-9)4-8(10)11;1-7(9)8-5-3-2-4-6-8;1-3(5)7-4(2)6;;/h3*6-7H,3-5H2,1-2H3,(H2,10,11)(H,12,13);6-7H,3-5H2,1-2H3,(H,10,11)(H,12,13);6-7H,3-5H2,1-2H3;6-7H,3-5,9H2,1-2H3,(H,10,11);2-7H,9H2,1H3;1-2H3;1H4;1H/t7-;;;;;7-;;;;/m1....0..../s1. The Morgan fingerprint density at radius 1 is 0.484 bits per heavy atom. The van der Waals surface area contributed by atoms with Crippen LogP contribution >= 0.6 is 12.4 Å². The third-order valence-electron chi connectivity index (χ3n) is 12.2. The van der Waals surface area contributed by atoms with E-state index in [0.717, 1.165) is 25.7 Å². The number of halogens is 1. The zero-order valence-corrected chi connectivity index (χ0v) is 58.1. The van der Waals surface area contributed by atoms with Crippen molar-refractivity contribution >= 4 is 89.8 Å². The van der Waals surface area contributed by atoms with E-state index >= 15 is 0 Å². The number of carboxylic acid groups (broad SMARTS) is 6. The van der Waals surface area contributed by atoms with Crippen molar-refractivity contribution in [1.82, 2.24) is 0 Å². The fraction of sp³-hybridized carbons (Fsp3) is 0.712. The highest BCUT2D eigenvalue weighted by Crippen LogP contribution is 2.25. The number of carbonyl (C=O) groups is 13. The fourth-order valence-electron chi connectivity index (χ4n) is 9.45. The molecule has 0 aliphatic carbocycles. The molecule has 26 nitrogen and oxygen atoms in total. The number of quaternary nitrogens is 1. The van der Waals surface area contributed by atoms with E-state index < -0.39 is 65.5 Å². The molecule has 0 spiro atoms. The number of aliphatic carboxylic acids is 6. The normalized spacial score (nSPS) is 12.9. The van der Waals surface area contributed by atoms with E-state index in [4.69, 9.17) is 48.5 Å². The summed E-state index contributed by atoms with van der Waals surface area (Å²) in [5.74, 6) is -6.35. The largest absolute Gasteiger partial charge is 0.550 e. The Kier molecular flexibility index (Phi) is 67.1. The summed E-state index contributed by atoms with van der Waals surface area (Å²) in [6.45, 7) is 29.1. The van der Waals surface area contributed by atoms with Gasteiger partial charge in [-0.25, -0.2) is 0 Å². The van der Waals surface area contributed by atoms with Gasteiger partial charge in [-0.3, -0.25) is 57.5 Å². The predicted molar refractivity (Wildman–Crippen MR) is 354 cm³/mol. The molecule has 0 aromatic heterocycles. The van der Waals surface area contributed by atoms with E-state index in [1.165, 1.54) is 19.4 Å². The molecule has 1 fully saturated rings. The van der Waals surface area contributed by atoms with E-state index in [-0.39, 0.29) is 125 Å². The van der Waals surface area contributed by atoms with Gasteiger partial charge in [0, 0.05) is 89.6 Å². The Hall–Kier alpha value is -7.06. The summed E-state index contributed by atoms with van der Waals surface area (Å²) in [4.78, 5) is 135. The highest BCUT2D eigenvalue weighted by molar-refractivity contribution is 5.88. The summed E-state index contributed by atoms with van der Waals surface area (Å²) in [7, 11) is 0. The molecule has 0 bridgehead atoms. The molecular formula is C66H120ClN5O21. The summed E-state index contributed by atoms with van der Waals surface area (Å²) < 4.78 is 8.39. The zero-order chi connectivity index (χ0) is 72.3. The third kappa shape index (κ3) is 84.9. The van der Waals surface area contributed by atoms with Crippen molar-refractivity contribution < 1.29 is 108 Å². The molecule has 27 heteroatoms. The lowest BCUT2D eigenvalue weighted by Crippen LogP contribution is -2.51. The number of carboxylic acids is 6. The molecular weight excluding hydrogens is 1230 g/mol. The molecule has 2 rings (SSSR count). The molecule has 1 aromatic carbocycles. The highest BCUT2D eigenvalue weighted by atomic mass is 35.5. The smallest absolute Gasteiger partial charge is 0.313 e. The van der Waals surface area contributed by atoms with Crippen LogP contribution in [0.2, 0.25) is 0 Å². The molecule has 93 heavy (non-hydrogen) atoms. The van der Waals surface area contributed by atoms with Crippen molar-refractivity contribution in [3.8, 4) is 0 Å². The summed E-state index contributed by atoms with van der Waals surface area (Å²) in [5, 5.41) is 52.9. The van der Waals surface area contributed by atoms with Crippen molar-refractivity contribution in [3.05, 3.63) is 35.9 Å². The molecule has 16 N–H and O–H groups in total. The average molecular weight is 1360 g/mol. The quantitative estimate of drug-likeness (QED) is 0.0241. The Morgan fingerprint density at radius 2 is 0.742 bits per heavy atom. The Balaban J connectivity index is -0.000000148. The van der Waals surface area contributed by atoms with Gasteiger partial charge >= 0.3 is 53.7 Å². The number of rotatable bonds is 32. The van der Waals surface area contributed by atoms with Crippen LogP contribution in [-0.4, -0.2) is 109 Å². The molecule has 0 saturated carbocycles. The van der Waals surface area contributed by atoms with Crippen LogP contribution in [0.5, 0.6) is 0 Å². The van der Waals surface area contributed by atoms with Crippen molar-refractivity contribution in [1.29, 1.82) is 0 Å². The second-order valence-corrected chi connectivity index (χ2v) is 25.4. The number of nitrogens with two attached hydrogens (primary N) is 4. The first-order valence-corrected chi connectivity index (χ1v) is 30.9. The molecule has 3 unspecified atom stereocenters. The molecule has 1 saturated heterocycles. The van der Waals surface area contributed by atoms with E-state index in [2.05, 4.69) is 62.0 Å². The molecule has 1 heterocycles. The second kappa shape index (κ2) is 61.1. The van der Waals surface area contributed by atoms with Crippen LogP contribution in [0.1, 0.15) is 232 Å². The van der Waals surface area contributed by atoms with Crippen molar-refractivity contribution in [2.45, 2.75) is 226 Å². The lowest BCUT2D eigenvalue weighted by Gasteiger charge is -2.20. The van der Waals surface area contributed by atoms with Gasteiger partial charge in [0.05, 0.1) is 0 Å². The Labute approximate surface area is 558 Å². The SMILES string of the molecule is C.CC(=O)OC(C)=O.CC(C)CC(CC(=O)O)CC(=O)O.CC(C)CC(CC(N)=O)CC(=O)O.CC(C)CC(CC(N)=O)CC(=O)[O-].CC(C)CC1CC(=O)OC(=O)C1.CC(C)C[C@H](CC(N)=O)CC(=O)O.CC(C)C[C@H](CN)CC(=O)O.CC([NH3+])c1ccccc1.Cl. The lowest BCUT2D eigenvalue weighted by molar-refractivity contribution is -0.420. The average Bonchev–Trinajstić information content (AvgIpc) is 1.34. The van der Waals surface area contributed by atoms with Gasteiger partial charge < -0.3 is 73.6 Å². The number of esters is 4. The van der Waals surface area contributed by atoms with Crippen LogP contribution in [-0.2, 0) is 71.8 Å². The third-order valence-corrected chi connectivity index (χ3v) is 12.2. The van der Waals surface area contributed by atoms with Gasteiger partial charge in [-0.05, 0) is 129 Å². The number of cyclic esters (lactones) is 2. The van der Waals surface area contributed by atoms with E-state index in [0.29, 0.717) is 73.8 Å². The number of hydrogen-bond donors (Lipinski definition) is 10. The van der Waals surface area contributed by atoms with Gasteiger partial charge in [-0.2, -0.15) is 0 Å². The van der Waals surface area contributed by atoms with Crippen LogP contribution in [0, 0.1) is 71.0 Å². The predicted octanol–water partition coefficient (Wildman–Crippen LogP) is 8.00. The molecule has 542 valence electrons. The minimum absolute atomic E-state index is 0. The van der Waals surface area contributed by atoms with Crippen molar-refractivity contribution in [2.24, 2.45) is 93.9 Å². The molecule has 3 amide bonds. The maximum atomic E-state index is 10.8. The minimum atomic E-state index is -1.12. The van der Waals surface area contributed by atoms with Crippen LogP contribution in [0.15, 0.2) is 30.3 Å². The molecule has 0 radical (unpaired) electrons.